The molecule has 0 saturated heterocycles. The predicted octanol–water partition coefficient (Wildman–Crippen LogP) is 3.51. The lowest BCUT2D eigenvalue weighted by Crippen LogP contribution is -2.27. The van der Waals surface area contributed by atoms with Crippen LogP contribution in [-0.4, -0.2) is 38.1 Å². The van der Waals surface area contributed by atoms with Crippen LogP contribution >= 0.6 is 11.6 Å². The first-order chi connectivity index (χ1) is 13.4. The van der Waals surface area contributed by atoms with Gasteiger partial charge in [0.25, 0.3) is 5.69 Å². The number of hydrogen-bond acceptors (Lipinski definition) is 6. The number of benzene rings is 2. The normalized spacial score (nSPS) is 10.5. The minimum atomic E-state index is -0.456. The summed E-state index contributed by atoms with van der Waals surface area (Å²) in [6.07, 6.45) is 3.01. The van der Waals surface area contributed by atoms with Gasteiger partial charge in [0.15, 0.2) is 11.5 Å². The Bertz CT molecular complexity index is 869. The smallest absolute Gasteiger partial charge is 0.269 e. The third-order valence-corrected chi connectivity index (χ3v) is 4.00. The summed E-state index contributed by atoms with van der Waals surface area (Å²) in [5.41, 5.74) is 1.46. The van der Waals surface area contributed by atoms with Gasteiger partial charge in [0.2, 0.25) is 5.91 Å². The first-order valence-corrected chi connectivity index (χ1v) is 8.68. The summed E-state index contributed by atoms with van der Waals surface area (Å²) in [5, 5.41) is 16.8. The van der Waals surface area contributed by atoms with Crippen molar-refractivity contribution in [2.45, 2.75) is 0 Å². The largest absolute Gasteiger partial charge is 0.493 e. The quantitative estimate of drug-likeness (QED) is 0.286. The SMILES string of the molecule is COc1cc(/C=C/C(=O)NCCNc2ccc([N+](=O)[O-])cc2)cc(Cl)c1OC. The van der Waals surface area contributed by atoms with Crippen LogP contribution < -0.4 is 20.1 Å². The fourth-order valence-electron chi connectivity index (χ4n) is 2.36. The Morgan fingerprint density at radius 1 is 1.18 bits per heavy atom. The molecule has 0 atom stereocenters. The van der Waals surface area contributed by atoms with E-state index in [9.17, 15) is 14.9 Å². The fourth-order valence-corrected chi connectivity index (χ4v) is 2.65. The molecule has 2 aromatic rings. The Morgan fingerprint density at radius 2 is 1.89 bits per heavy atom. The number of anilines is 1. The van der Waals surface area contributed by atoms with Crippen molar-refractivity contribution in [3.63, 3.8) is 0 Å². The zero-order valence-corrected chi connectivity index (χ0v) is 16.2. The van der Waals surface area contributed by atoms with Crippen LogP contribution in [-0.2, 0) is 4.79 Å². The molecular formula is C19H20ClN3O5. The number of nitrogens with zero attached hydrogens (tertiary/aromatic N) is 1. The molecule has 9 heteroatoms. The standard InChI is InChI=1S/C19H20ClN3O5/c1-27-17-12-13(11-16(20)19(17)28-2)3-8-18(24)22-10-9-21-14-4-6-15(7-5-14)23(25)26/h3-8,11-12,21H,9-10H2,1-2H3,(H,22,24)/b8-3+. The van der Waals surface area contributed by atoms with Crippen molar-refractivity contribution in [1.82, 2.24) is 5.32 Å². The van der Waals surface area contributed by atoms with Crippen LogP contribution in [0.3, 0.4) is 0 Å². The molecular weight excluding hydrogens is 386 g/mol. The second-order valence-electron chi connectivity index (χ2n) is 5.59. The number of carbonyl (C=O) groups excluding carboxylic acids is 1. The number of hydrogen-bond donors (Lipinski definition) is 2. The molecule has 148 valence electrons. The number of nitro benzene ring substituents is 1. The maximum Gasteiger partial charge on any atom is 0.269 e. The number of methoxy groups -OCH3 is 2. The van der Waals surface area contributed by atoms with Crippen LogP contribution in [0, 0.1) is 10.1 Å². The van der Waals surface area contributed by atoms with Crippen LogP contribution in [0.1, 0.15) is 5.56 Å². The topological polar surface area (TPSA) is 103 Å². The summed E-state index contributed by atoms with van der Waals surface area (Å²) < 4.78 is 10.4. The van der Waals surface area contributed by atoms with Gasteiger partial charge in [0.05, 0.1) is 24.2 Å². The number of rotatable bonds is 9. The Hall–Kier alpha value is -3.26. The summed E-state index contributed by atoms with van der Waals surface area (Å²) in [5.74, 6) is 0.641. The minimum Gasteiger partial charge on any atom is -0.493 e. The fraction of sp³-hybridized carbons (Fsp3) is 0.211. The summed E-state index contributed by atoms with van der Waals surface area (Å²) in [7, 11) is 3.00. The molecule has 0 aromatic heterocycles. The average molecular weight is 406 g/mol. The van der Waals surface area contributed by atoms with Gasteiger partial charge < -0.3 is 20.1 Å². The molecule has 0 aliphatic rings. The van der Waals surface area contributed by atoms with Crippen molar-refractivity contribution >= 4 is 35.0 Å². The van der Waals surface area contributed by atoms with Gasteiger partial charge in [-0.05, 0) is 35.9 Å². The molecule has 0 saturated carbocycles. The van der Waals surface area contributed by atoms with Crippen molar-refractivity contribution < 1.29 is 19.2 Å². The van der Waals surface area contributed by atoms with E-state index in [4.69, 9.17) is 21.1 Å². The van der Waals surface area contributed by atoms with Crippen LogP contribution in [0.5, 0.6) is 11.5 Å². The van der Waals surface area contributed by atoms with Gasteiger partial charge in [0.1, 0.15) is 0 Å². The Kier molecular flexibility index (Phi) is 7.65. The van der Waals surface area contributed by atoms with Gasteiger partial charge in [-0.2, -0.15) is 0 Å². The molecule has 0 spiro atoms. The molecule has 0 radical (unpaired) electrons. The van der Waals surface area contributed by atoms with Crippen molar-refractivity contribution in [3.05, 3.63) is 63.2 Å². The van der Waals surface area contributed by atoms with E-state index in [0.29, 0.717) is 35.2 Å². The number of halogens is 1. The lowest BCUT2D eigenvalue weighted by molar-refractivity contribution is -0.384. The number of amides is 1. The van der Waals surface area contributed by atoms with E-state index < -0.39 is 4.92 Å². The predicted molar refractivity (Wildman–Crippen MR) is 108 cm³/mol. The zero-order valence-electron chi connectivity index (χ0n) is 15.4. The first kappa shape index (κ1) is 21.0. The maximum absolute atomic E-state index is 11.9. The highest BCUT2D eigenvalue weighted by molar-refractivity contribution is 6.32. The maximum atomic E-state index is 11.9. The second kappa shape index (κ2) is 10.2. The summed E-state index contributed by atoms with van der Waals surface area (Å²) in [6, 6.07) is 9.44. The molecule has 28 heavy (non-hydrogen) atoms. The highest BCUT2D eigenvalue weighted by atomic mass is 35.5. The molecule has 0 bridgehead atoms. The number of carbonyl (C=O) groups is 1. The zero-order chi connectivity index (χ0) is 20.5. The Labute approximate surface area is 167 Å². The molecule has 2 N–H and O–H groups in total. The molecule has 2 aromatic carbocycles. The number of nitrogens with one attached hydrogen (secondary N) is 2. The van der Waals surface area contributed by atoms with Crippen molar-refractivity contribution in [2.75, 3.05) is 32.6 Å². The highest BCUT2D eigenvalue weighted by Gasteiger charge is 2.10. The Morgan fingerprint density at radius 3 is 2.50 bits per heavy atom. The van der Waals surface area contributed by atoms with E-state index in [1.54, 1.807) is 30.3 Å². The van der Waals surface area contributed by atoms with E-state index in [2.05, 4.69) is 10.6 Å². The van der Waals surface area contributed by atoms with E-state index in [0.717, 1.165) is 5.69 Å². The number of non-ortho nitro benzene ring substituents is 1. The molecule has 0 heterocycles. The third-order valence-electron chi connectivity index (χ3n) is 3.71. The van der Waals surface area contributed by atoms with E-state index in [1.807, 2.05) is 0 Å². The molecule has 8 nitrogen and oxygen atoms in total. The summed E-state index contributed by atoms with van der Waals surface area (Å²) in [4.78, 5) is 22.1. The van der Waals surface area contributed by atoms with Gasteiger partial charge in [-0.3, -0.25) is 14.9 Å². The van der Waals surface area contributed by atoms with Crippen LogP contribution in [0.15, 0.2) is 42.5 Å². The number of ether oxygens (including phenoxy) is 2. The Balaban J connectivity index is 1.82. The summed E-state index contributed by atoms with van der Waals surface area (Å²) in [6.45, 7) is 0.854. The van der Waals surface area contributed by atoms with Crippen LogP contribution in [0.4, 0.5) is 11.4 Å². The van der Waals surface area contributed by atoms with Crippen LogP contribution in [0.25, 0.3) is 6.08 Å². The average Bonchev–Trinajstić information content (AvgIpc) is 2.69. The monoisotopic (exact) mass is 405 g/mol. The van der Waals surface area contributed by atoms with Crippen LogP contribution in [0.2, 0.25) is 5.02 Å². The van der Waals surface area contributed by atoms with E-state index in [1.165, 1.54) is 32.4 Å². The van der Waals surface area contributed by atoms with Crippen molar-refractivity contribution in [1.29, 1.82) is 0 Å². The third kappa shape index (κ3) is 5.88. The second-order valence-corrected chi connectivity index (χ2v) is 6.00. The van der Waals surface area contributed by atoms with E-state index >= 15 is 0 Å². The van der Waals surface area contributed by atoms with Gasteiger partial charge >= 0.3 is 0 Å². The van der Waals surface area contributed by atoms with Gasteiger partial charge in [0, 0.05) is 37.0 Å². The molecule has 0 aliphatic carbocycles. The minimum absolute atomic E-state index is 0.0271. The van der Waals surface area contributed by atoms with Gasteiger partial charge in [-0.15, -0.1) is 0 Å². The molecule has 0 aliphatic heterocycles. The summed E-state index contributed by atoms with van der Waals surface area (Å²) >= 11 is 6.13. The molecule has 1 amide bonds. The molecule has 0 fully saturated rings. The lowest BCUT2D eigenvalue weighted by Gasteiger charge is -2.10. The molecule has 2 rings (SSSR count). The lowest BCUT2D eigenvalue weighted by atomic mass is 10.2. The van der Waals surface area contributed by atoms with Crippen molar-refractivity contribution in [2.24, 2.45) is 0 Å². The molecule has 0 unspecified atom stereocenters. The van der Waals surface area contributed by atoms with Gasteiger partial charge in [-0.1, -0.05) is 11.6 Å². The van der Waals surface area contributed by atoms with Gasteiger partial charge in [-0.25, -0.2) is 0 Å². The van der Waals surface area contributed by atoms with Crippen molar-refractivity contribution in [3.8, 4) is 11.5 Å². The first-order valence-electron chi connectivity index (χ1n) is 8.30. The van der Waals surface area contributed by atoms with E-state index in [-0.39, 0.29) is 11.6 Å². The number of nitro groups is 1. The highest BCUT2D eigenvalue weighted by Crippen LogP contribution is 2.36.